The summed E-state index contributed by atoms with van der Waals surface area (Å²) in [4.78, 5) is 22.8. The molecule has 1 fully saturated rings. The second kappa shape index (κ2) is 7.30. The lowest BCUT2D eigenvalue weighted by Crippen LogP contribution is -2.47. The molecule has 0 aliphatic carbocycles. The first-order valence-electron chi connectivity index (χ1n) is 7.69. The average molecular weight is 312 g/mol. The van der Waals surface area contributed by atoms with E-state index in [4.69, 9.17) is 4.74 Å². The number of hydrogen-bond acceptors (Lipinski definition) is 5. The normalized spacial score (nSPS) is 18.6. The van der Waals surface area contributed by atoms with Gasteiger partial charge in [-0.25, -0.2) is 9.97 Å². The van der Waals surface area contributed by atoms with Gasteiger partial charge in [-0.1, -0.05) is 30.3 Å². The van der Waals surface area contributed by atoms with E-state index < -0.39 is 6.10 Å². The molecule has 6 nitrogen and oxygen atoms in total. The summed E-state index contributed by atoms with van der Waals surface area (Å²) >= 11 is 0. The lowest BCUT2D eigenvalue weighted by molar-refractivity contribution is -0.133. The Bertz CT molecular complexity index is 663. The highest BCUT2D eigenvalue weighted by Gasteiger charge is 2.26. The van der Waals surface area contributed by atoms with Crippen molar-refractivity contribution in [3.05, 3.63) is 54.0 Å². The molecule has 23 heavy (non-hydrogen) atoms. The Labute approximate surface area is 135 Å². The highest BCUT2D eigenvalue weighted by molar-refractivity contribution is 5.93. The van der Waals surface area contributed by atoms with Crippen LogP contribution in [-0.4, -0.2) is 46.6 Å². The number of carbonyl (C=O) groups is 1. The first kappa shape index (κ1) is 15.6. The van der Waals surface area contributed by atoms with Gasteiger partial charge in [0.05, 0.1) is 6.61 Å². The number of benzene rings is 1. The molecule has 1 aliphatic rings. The van der Waals surface area contributed by atoms with Gasteiger partial charge in [0.25, 0.3) is 5.91 Å². The maximum Gasteiger partial charge on any atom is 0.255 e. The summed E-state index contributed by atoms with van der Waals surface area (Å²) in [5.74, 6) is 0.963. The molecular formula is C17H20N4O2. The molecule has 0 radical (unpaired) electrons. The SMILES string of the molecule is Cc1nccc(NC(=O)[C@H]2CN(Cc3ccccc3)CCO2)n1. The molecule has 3 rings (SSSR count). The summed E-state index contributed by atoms with van der Waals surface area (Å²) in [7, 11) is 0. The van der Waals surface area contributed by atoms with Crippen LogP contribution in [0.15, 0.2) is 42.6 Å². The second-order valence-corrected chi connectivity index (χ2v) is 5.56. The zero-order valence-electron chi connectivity index (χ0n) is 13.1. The molecule has 1 N–H and O–H groups in total. The van der Waals surface area contributed by atoms with Crippen LogP contribution in [0.2, 0.25) is 0 Å². The number of nitrogens with zero attached hydrogens (tertiary/aromatic N) is 3. The largest absolute Gasteiger partial charge is 0.366 e. The highest BCUT2D eigenvalue weighted by Crippen LogP contribution is 2.12. The summed E-state index contributed by atoms with van der Waals surface area (Å²) in [5, 5.41) is 2.80. The van der Waals surface area contributed by atoms with Crippen molar-refractivity contribution in [2.24, 2.45) is 0 Å². The van der Waals surface area contributed by atoms with Crippen molar-refractivity contribution in [2.75, 3.05) is 25.0 Å². The number of aryl methyl sites for hydroxylation is 1. The van der Waals surface area contributed by atoms with E-state index in [1.807, 2.05) is 18.2 Å². The number of aromatic nitrogens is 2. The fraction of sp³-hybridized carbons (Fsp3) is 0.353. The van der Waals surface area contributed by atoms with Crippen LogP contribution in [0.4, 0.5) is 5.82 Å². The van der Waals surface area contributed by atoms with Gasteiger partial charge < -0.3 is 10.1 Å². The van der Waals surface area contributed by atoms with Gasteiger partial charge >= 0.3 is 0 Å². The Morgan fingerprint density at radius 3 is 2.96 bits per heavy atom. The molecule has 0 unspecified atom stereocenters. The van der Waals surface area contributed by atoms with Gasteiger partial charge in [0.2, 0.25) is 0 Å². The van der Waals surface area contributed by atoms with Gasteiger partial charge in [0.1, 0.15) is 17.7 Å². The summed E-state index contributed by atoms with van der Waals surface area (Å²) in [6.07, 6.45) is 1.14. The molecule has 6 heteroatoms. The molecule has 0 saturated carbocycles. The zero-order valence-corrected chi connectivity index (χ0v) is 13.1. The van der Waals surface area contributed by atoms with Gasteiger partial charge in [-0.3, -0.25) is 9.69 Å². The standard InChI is InChI=1S/C17H20N4O2/c1-13-18-8-7-16(19-13)20-17(22)15-12-21(9-10-23-15)11-14-5-3-2-4-6-14/h2-8,15H,9-12H2,1H3,(H,18,19,20,22)/t15-/m1/s1. The van der Waals surface area contributed by atoms with E-state index in [-0.39, 0.29) is 5.91 Å². The number of amides is 1. The van der Waals surface area contributed by atoms with Crippen molar-refractivity contribution in [1.82, 2.24) is 14.9 Å². The predicted octanol–water partition coefficient (Wildman–Crippen LogP) is 1.62. The maximum atomic E-state index is 12.4. The van der Waals surface area contributed by atoms with E-state index in [0.29, 0.717) is 24.8 Å². The monoisotopic (exact) mass is 312 g/mol. The van der Waals surface area contributed by atoms with Crippen LogP contribution in [0.1, 0.15) is 11.4 Å². The molecule has 1 atom stereocenters. The minimum absolute atomic E-state index is 0.166. The molecule has 1 saturated heterocycles. The summed E-state index contributed by atoms with van der Waals surface area (Å²) in [6.45, 7) is 4.55. The van der Waals surface area contributed by atoms with Crippen molar-refractivity contribution in [3.8, 4) is 0 Å². The number of rotatable bonds is 4. The molecule has 1 amide bonds. The average Bonchev–Trinajstić information content (AvgIpc) is 2.56. The summed E-state index contributed by atoms with van der Waals surface area (Å²) < 4.78 is 5.61. The Hall–Kier alpha value is -2.31. The lowest BCUT2D eigenvalue weighted by Gasteiger charge is -2.32. The zero-order chi connectivity index (χ0) is 16.1. The third-order valence-electron chi connectivity index (χ3n) is 3.72. The minimum atomic E-state index is -0.484. The molecule has 1 aliphatic heterocycles. The maximum absolute atomic E-state index is 12.4. The molecule has 1 aromatic heterocycles. The van der Waals surface area contributed by atoms with Gasteiger partial charge in [-0.15, -0.1) is 0 Å². The van der Waals surface area contributed by atoms with Crippen molar-refractivity contribution in [1.29, 1.82) is 0 Å². The lowest BCUT2D eigenvalue weighted by atomic mass is 10.2. The Balaban J connectivity index is 1.58. The van der Waals surface area contributed by atoms with Crippen molar-refractivity contribution in [2.45, 2.75) is 19.6 Å². The smallest absolute Gasteiger partial charge is 0.255 e. The minimum Gasteiger partial charge on any atom is -0.366 e. The highest BCUT2D eigenvalue weighted by atomic mass is 16.5. The fourth-order valence-corrected chi connectivity index (χ4v) is 2.58. The molecule has 1 aromatic carbocycles. The third-order valence-corrected chi connectivity index (χ3v) is 3.72. The van der Waals surface area contributed by atoms with E-state index in [2.05, 4.69) is 32.3 Å². The third kappa shape index (κ3) is 4.34. The predicted molar refractivity (Wildman–Crippen MR) is 86.9 cm³/mol. The van der Waals surface area contributed by atoms with Crippen LogP contribution >= 0.6 is 0 Å². The molecule has 0 spiro atoms. The molecule has 120 valence electrons. The van der Waals surface area contributed by atoms with Gasteiger partial charge in [0, 0.05) is 25.8 Å². The van der Waals surface area contributed by atoms with Gasteiger partial charge in [-0.2, -0.15) is 0 Å². The van der Waals surface area contributed by atoms with Gasteiger partial charge in [-0.05, 0) is 18.6 Å². The summed E-state index contributed by atoms with van der Waals surface area (Å²) in [6, 6.07) is 11.9. The Morgan fingerprint density at radius 1 is 1.35 bits per heavy atom. The first-order chi connectivity index (χ1) is 11.2. The van der Waals surface area contributed by atoms with E-state index in [9.17, 15) is 4.79 Å². The van der Waals surface area contributed by atoms with Crippen LogP contribution in [0.3, 0.4) is 0 Å². The number of carbonyl (C=O) groups excluding carboxylic acids is 1. The van der Waals surface area contributed by atoms with Crippen LogP contribution < -0.4 is 5.32 Å². The van der Waals surface area contributed by atoms with Crippen molar-refractivity contribution in [3.63, 3.8) is 0 Å². The topological polar surface area (TPSA) is 67.4 Å². The number of hydrogen-bond donors (Lipinski definition) is 1. The molecule has 2 aromatic rings. The van der Waals surface area contributed by atoms with Crippen LogP contribution in [-0.2, 0) is 16.1 Å². The fourth-order valence-electron chi connectivity index (χ4n) is 2.58. The second-order valence-electron chi connectivity index (χ2n) is 5.56. The van der Waals surface area contributed by atoms with E-state index in [1.54, 1.807) is 19.2 Å². The van der Waals surface area contributed by atoms with Crippen molar-refractivity contribution < 1.29 is 9.53 Å². The van der Waals surface area contributed by atoms with Crippen LogP contribution in [0.25, 0.3) is 0 Å². The van der Waals surface area contributed by atoms with Crippen molar-refractivity contribution >= 4 is 11.7 Å². The number of nitrogens with one attached hydrogen (secondary N) is 1. The van der Waals surface area contributed by atoms with Crippen LogP contribution in [0, 0.1) is 6.92 Å². The number of ether oxygens (including phenoxy) is 1. The Kier molecular flexibility index (Phi) is 4.95. The van der Waals surface area contributed by atoms with Crippen LogP contribution in [0.5, 0.6) is 0 Å². The number of morpholine rings is 1. The molecule has 0 bridgehead atoms. The summed E-state index contributed by atoms with van der Waals surface area (Å²) in [5.41, 5.74) is 1.24. The van der Waals surface area contributed by atoms with E-state index in [1.165, 1.54) is 5.56 Å². The first-order valence-corrected chi connectivity index (χ1v) is 7.69. The number of anilines is 1. The van der Waals surface area contributed by atoms with Gasteiger partial charge in [0.15, 0.2) is 0 Å². The Morgan fingerprint density at radius 2 is 2.17 bits per heavy atom. The molecule has 2 heterocycles. The molecular weight excluding hydrogens is 292 g/mol. The quantitative estimate of drug-likeness (QED) is 0.929. The van der Waals surface area contributed by atoms with E-state index >= 15 is 0 Å². The van der Waals surface area contributed by atoms with E-state index in [0.717, 1.165) is 13.1 Å².